The highest BCUT2D eigenvalue weighted by Gasteiger charge is 2.11. The lowest BCUT2D eigenvalue weighted by Gasteiger charge is -2.12. The van der Waals surface area contributed by atoms with Crippen LogP contribution in [0.3, 0.4) is 0 Å². The van der Waals surface area contributed by atoms with Gasteiger partial charge < -0.3 is 14.8 Å². The van der Waals surface area contributed by atoms with Crippen molar-refractivity contribution in [2.75, 3.05) is 11.9 Å². The first-order valence-electron chi connectivity index (χ1n) is 9.87. The van der Waals surface area contributed by atoms with Crippen LogP contribution in [-0.4, -0.2) is 24.6 Å². The van der Waals surface area contributed by atoms with Gasteiger partial charge in [-0.3, -0.25) is 4.79 Å². The molecule has 0 saturated heterocycles. The van der Waals surface area contributed by atoms with E-state index in [2.05, 4.69) is 17.4 Å². The van der Waals surface area contributed by atoms with Crippen molar-refractivity contribution in [2.24, 2.45) is 0 Å². The van der Waals surface area contributed by atoms with E-state index >= 15 is 0 Å². The van der Waals surface area contributed by atoms with Gasteiger partial charge in [0, 0.05) is 5.69 Å². The van der Waals surface area contributed by atoms with Gasteiger partial charge in [0.05, 0.1) is 11.7 Å². The number of carbonyl (C=O) groups is 2. The number of carbonyl (C=O) groups excluding carboxylic acids is 2. The molecule has 1 amide bonds. The third kappa shape index (κ3) is 6.21. The van der Waals surface area contributed by atoms with Crippen LogP contribution in [-0.2, 0) is 16.0 Å². The molecule has 0 aliphatic rings. The molecule has 0 aromatic heterocycles. The maximum absolute atomic E-state index is 12.4. The molecular formula is C25H25NO4. The number of nitrogens with one attached hydrogen (secondary N) is 1. The molecule has 0 atom stereocenters. The van der Waals surface area contributed by atoms with Gasteiger partial charge in [-0.1, -0.05) is 48.5 Å². The van der Waals surface area contributed by atoms with Crippen LogP contribution in [0.25, 0.3) is 0 Å². The number of rotatable bonds is 8. The molecule has 0 aliphatic carbocycles. The standard InChI is InChI=1S/C25H25NO4/c1-18(2)30-25(28)20-12-14-22(15-13-20)29-17-24(27)26-23-11-7-6-10-21(23)16-19-8-4-3-5-9-19/h3-15,18H,16-17H2,1-2H3,(H,26,27). The van der Waals surface area contributed by atoms with Crippen molar-refractivity contribution >= 4 is 17.6 Å². The Hall–Kier alpha value is -3.60. The van der Waals surface area contributed by atoms with E-state index in [4.69, 9.17) is 9.47 Å². The molecule has 0 heterocycles. The fourth-order valence-corrected chi connectivity index (χ4v) is 2.92. The van der Waals surface area contributed by atoms with Crippen molar-refractivity contribution in [1.82, 2.24) is 0 Å². The second-order valence-corrected chi connectivity index (χ2v) is 7.13. The van der Waals surface area contributed by atoms with Gasteiger partial charge in [0.15, 0.2) is 6.61 Å². The van der Waals surface area contributed by atoms with Crippen molar-refractivity contribution in [3.8, 4) is 5.75 Å². The van der Waals surface area contributed by atoms with Crippen LogP contribution < -0.4 is 10.1 Å². The molecular weight excluding hydrogens is 378 g/mol. The van der Waals surface area contributed by atoms with E-state index in [0.717, 1.165) is 17.7 Å². The number of hydrogen-bond donors (Lipinski definition) is 1. The SMILES string of the molecule is CC(C)OC(=O)c1ccc(OCC(=O)Nc2ccccc2Cc2ccccc2)cc1. The van der Waals surface area contributed by atoms with Gasteiger partial charge in [-0.15, -0.1) is 0 Å². The minimum Gasteiger partial charge on any atom is -0.484 e. The highest BCUT2D eigenvalue weighted by atomic mass is 16.5. The Morgan fingerprint density at radius 3 is 2.23 bits per heavy atom. The lowest BCUT2D eigenvalue weighted by molar-refractivity contribution is -0.118. The predicted octanol–water partition coefficient (Wildman–Crippen LogP) is 4.86. The van der Waals surface area contributed by atoms with Crippen molar-refractivity contribution in [3.63, 3.8) is 0 Å². The molecule has 0 unspecified atom stereocenters. The normalized spacial score (nSPS) is 10.5. The maximum Gasteiger partial charge on any atom is 0.338 e. The van der Waals surface area contributed by atoms with Crippen LogP contribution in [0, 0.1) is 0 Å². The number of amides is 1. The lowest BCUT2D eigenvalue weighted by atomic mass is 10.0. The molecule has 3 aromatic rings. The quantitative estimate of drug-likeness (QED) is 0.546. The van der Waals surface area contributed by atoms with Crippen molar-refractivity contribution in [3.05, 3.63) is 95.6 Å². The van der Waals surface area contributed by atoms with E-state index in [1.807, 2.05) is 42.5 Å². The van der Waals surface area contributed by atoms with Gasteiger partial charge in [0.1, 0.15) is 5.75 Å². The molecule has 1 N–H and O–H groups in total. The first-order chi connectivity index (χ1) is 14.5. The predicted molar refractivity (Wildman–Crippen MR) is 117 cm³/mol. The summed E-state index contributed by atoms with van der Waals surface area (Å²) in [6.45, 7) is 3.47. The minimum atomic E-state index is -0.385. The molecule has 30 heavy (non-hydrogen) atoms. The van der Waals surface area contributed by atoms with Gasteiger partial charge >= 0.3 is 5.97 Å². The smallest absolute Gasteiger partial charge is 0.338 e. The van der Waals surface area contributed by atoms with Gasteiger partial charge in [-0.25, -0.2) is 4.79 Å². The molecule has 3 rings (SSSR count). The highest BCUT2D eigenvalue weighted by Crippen LogP contribution is 2.19. The Morgan fingerprint density at radius 2 is 1.53 bits per heavy atom. The molecule has 0 aliphatic heterocycles. The molecule has 154 valence electrons. The number of ether oxygens (including phenoxy) is 2. The summed E-state index contributed by atoms with van der Waals surface area (Å²) >= 11 is 0. The van der Waals surface area contributed by atoms with Crippen molar-refractivity contribution < 1.29 is 19.1 Å². The molecule has 0 fully saturated rings. The Labute approximate surface area is 176 Å². The van der Waals surface area contributed by atoms with Crippen LogP contribution in [0.15, 0.2) is 78.9 Å². The zero-order chi connectivity index (χ0) is 21.3. The Bertz CT molecular complexity index is 982. The van der Waals surface area contributed by atoms with Gasteiger partial charge in [-0.2, -0.15) is 0 Å². The van der Waals surface area contributed by atoms with Crippen LogP contribution in [0.5, 0.6) is 5.75 Å². The first kappa shape index (κ1) is 21.1. The fourth-order valence-electron chi connectivity index (χ4n) is 2.92. The summed E-state index contributed by atoms with van der Waals surface area (Å²) in [6, 6.07) is 24.3. The number of esters is 1. The Kier molecular flexibility index (Phi) is 7.22. The van der Waals surface area contributed by atoms with Crippen LogP contribution in [0.4, 0.5) is 5.69 Å². The minimum absolute atomic E-state index is 0.130. The summed E-state index contributed by atoms with van der Waals surface area (Å²) in [4.78, 5) is 24.2. The van der Waals surface area contributed by atoms with E-state index in [-0.39, 0.29) is 24.6 Å². The average Bonchev–Trinajstić information content (AvgIpc) is 2.74. The summed E-state index contributed by atoms with van der Waals surface area (Å²) in [5.41, 5.74) is 3.41. The van der Waals surface area contributed by atoms with Crippen LogP contribution >= 0.6 is 0 Å². The van der Waals surface area contributed by atoms with Crippen LogP contribution in [0.2, 0.25) is 0 Å². The molecule has 0 radical (unpaired) electrons. The largest absolute Gasteiger partial charge is 0.484 e. The summed E-state index contributed by atoms with van der Waals surface area (Å²) < 4.78 is 10.7. The highest BCUT2D eigenvalue weighted by molar-refractivity contribution is 5.92. The van der Waals surface area contributed by atoms with Crippen LogP contribution in [0.1, 0.15) is 35.3 Å². The maximum atomic E-state index is 12.4. The number of hydrogen-bond acceptors (Lipinski definition) is 4. The molecule has 0 bridgehead atoms. The van der Waals surface area contributed by atoms with E-state index in [0.29, 0.717) is 11.3 Å². The van der Waals surface area contributed by atoms with Gasteiger partial charge in [-0.05, 0) is 61.7 Å². The summed E-state index contributed by atoms with van der Waals surface area (Å²) in [6.07, 6.45) is 0.549. The third-order valence-electron chi connectivity index (χ3n) is 4.33. The number of anilines is 1. The lowest BCUT2D eigenvalue weighted by Crippen LogP contribution is -2.21. The van der Waals surface area contributed by atoms with E-state index in [1.54, 1.807) is 38.1 Å². The molecule has 0 spiro atoms. The molecule has 0 saturated carbocycles. The third-order valence-corrected chi connectivity index (χ3v) is 4.33. The number of benzene rings is 3. The first-order valence-corrected chi connectivity index (χ1v) is 9.87. The monoisotopic (exact) mass is 403 g/mol. The number of para-hydroxylation sites is 1. The zero-order valence-corrected chi connectivity index (χ0v) is 17.1. The van der Waals surface area contributed by atoms with E-state index in [1.165, 1.54) is 5.56 Å². The second-order valence-electron chi connectivity index (χ2n) is 7.13. The second kappa shape index (κ2) is 10.3. The Balaban J connectivity index is 1.56. The summed E-state index contributed by atoms with van der Waals surface area (Å²) in [5.74, 6) is -0.132. The van der Waals surface area contributed by atoms with Crippen molar-refractivity contribution in [1.29, 1.82) is 0 Å². The van der Waals surface area contributed by atoms with E-state index in [9.17, 15) is 9.59 Å². The summed E-state index contributed by atoms with van der Waals surface area (Å²) in [7, 11) is 0. The van der Waals surface area contributed by atoms with Gasteiger partial charge in [0.2, 0.25) is 0 Å². The van der Waals surface area contributed by atoms with Gasteiger partial charge in [0.25, 0.3) is 5.91 Å². The average molecular weight is 403 g/mol. The van der Waals surface area contributed by atoms with E-state index < -0.39 is 0 Å². The summed E-state index contributed by atoms with van der Waals surface area (Å²) in [5, 5.41) is 2.91. The topological polar surface area (TPSA) is 64.6 Å². The fraction of sp³-hybridized carbons (Fsp3) is 0.200. The van der Waals surface area contributed by atoms with Crippen molar-refractivity contribution in [2.45, 2.75) is 26.4 Å². The molecule has 5 nitrogen and oxygen atoms in total. The zero-order valence-electron chi connectivity index (χ0n) is 17.1. The molecule has 5 heteroatoms. The Morgan fingerprint density at radius 1 is 0.867 bits per heavy atom. The molecule has 3 aromatic carbocycles.